The van der Waals surface area contributed by atoms with Crippen molar-refractivity contribution >= 4 is 10.8 Å². The molecule has 0 saturated carbocycles. The van der Waals surface area contributed by atoms with Crippen LogP contribution in [0.3, 0.4) is 0 Å². The number of hydrogen-bond acceptors (Lipinski definition) is 6. The van der Waals surface area contributed by atoms with Crippen LogP contribution in [-0.2, 0) is 9.47 Å². The Morgan fingerprint density at radius 3 is 1.50 bits per heavy atom. The van der Waals surface area contributed by atoms with E-state index in [9.17, 15) is 0 Å². The first kappa shape index (κ1) is 18.5. The largest absolute Gasteiger partial charge is 0.487 e. The Labute approximate surface area is 141 Å². The molecular formula is C18H24O6. The molecule has 0 radical (unpaired) electrons. The number of hydrogen-bond donors (Lipinski definition) is 2. The molecule has 0 fully saturated rings. The summed E-state index contributed by atoms with van der Waals surface area (Å²) in [6.07, 6.45) is 0. The zero-order valence-corrected chi connectivity index (χ0v) is 13.6. The first-order valence-electron chi connectivity index (χ1n) is 8.00. The van der Waals surface area contributed by atoms with Crippen molar-refractivity contribution in [1.29, 1.82) is 0 Å². The van der Waals surface area contributed by atoms with Crippen LogP contribution in [-0.4, -0.2) is 63.1 Å². The van der Waals surface area contributed by atoms with Crippen LogP contribution in [0.1, 0.15) is 0 Å². The summed E-state index contributed by atoms with van der Waals surface area (Å²) in [5.41, 5.74) is 0. The topological polar surface area (TPSA) is 77.4 Å². The Hall–Kier alpha value is -1.86. The molecule has 2 aromatic carbocycles. The summed E-state index contributed by atoms with van der Waals surface area (Å²) in [6.45, 7) is 2.12. The first-order valence-corrected chi connectivity index (χ1v) is 8.00. The maximum absolute atomic E-state index is 8.69. The highest BCUT2D eigenvalue weighted by atomic mass is 16.6. The van der Waals surface area contributed by atoms with Crippen molar-refractivity contribution in [2.45, 2.75) is 0 Å². The van der Waals surface area contributed by atoms with Gasteiger partial charge in [-0.25, -0.2) is 0 Å². The molecule has 2 aromatic rings. The predicted octanol–water partition coefficient (Wildman–Crippen LogP) is 1.62. The summed E-state index contributed by atoms with van der Waals surface area (Å²) in [7, 11) is 0. The van der Waals surface area contributed by atoms with Crippen molar-refractivity contribution in [3.63, 3.8) is 0 Å². The van der Waals surface area contributed by atoms with Crippen molar-refractivity contribution in [1.82, 2.24) is 0 Å². The third kappa shape index (κ3) is 5.98. The lowest BCUT2D eigenvalue weighted by Gasteiger charge is -2.14. The number of rotatable bonds is 12. The molecule has 132 valence electrons. The smallest absolute Gasteiger partial charge is 0.161 e. The van der Waals surface area contributed by atoms with Crippen molar-refractivity contribution in [2.75, 3.05) is 52.9 Å². The molecule has 0 aliphatic rings. The molecule has 24 heavy (non-hydrogen) atoms. The van der Waals surface area contributed by atoms with E-state index in [1.54, 1.807) is 0 Å². The Bertz CT molecular complexity index is 549. The van der Waals surface area contributed by atoms with Gasteiger partial charge in [0.15, 0.2) is 11.5 Å². The number of aliphatic hydroxyl groups is 2. The van der Waals surface area contributed by atoms with E-state index in [0.29, 0.717) is 51.1 Å². The van der Waals surface area contributed by atoms with Crippen LogP contribution in [0.2, 0.25) is 0 Å². The fourth-order valence-electron chi connectivity index (χ4n) is 2.18. The lowest BCUT2D eigenvalue weighted by molar-refractivity contribution is 0.0645. The van der Waals surface area contributed by atoms with Gasteiger partial charge in [-0.3, -0.25) is 0 Å². The molecule has 6 nitrogen and oxygen atoms in total. The predicted molar refractivity (Wildman–Crippen MR) is 90.7 cm³/mol. The second-order valence-corrected chi connectivity index (χ2v) is 5.01. The van der Waals surface area contributed by atoms with E-state index in [0.717, 1.165) is 10.8 Å². The summed E-state index contributed by atoms with van der Waals surface area (Å²) in [4.78, 5) is 0. The standard InChI is InChI=1S/C18H24O6/c19-5-7-21-9-11-23-17-13-15-3-1-2-4-16(15)14-18(17)24-12-10-22-8-6-20/h1-4,13-14,19-20H,5-12H2. The second-order valence-electron chi connectivity index (χ2n) is 5.01. The van der Waals surface area contributed by atoms with E-state index in [-0.39, 0.29) is 13.2 Å². The van der Waals surface area contributed by atoms with Gasteiger partial charge in [-0.2, -0.15) is 0 Å². The Morgan fingerprint density at radius 2 is 1.08 bits per heavy atom. The summed E-state index contributed by atoms with van der Waals surface area (Å²) in [5, 5.41) is 19.5. The lowest BCUT2D eigenvalue weighted by atomic mass is 10.1. The van der Waals surface area contributed by atoms with Crippen molar-refractivity contribution in [2.24, 2.45) is 0 Å². The van der Waals surface area contributed by atoms with Gasteiger partial charge in [0.05, 0.1) is 39.6 Å². The fraction of sp³-hybridized carbons (Fsp3) is 0.444. The SMILES string of the molecule is OCCOCCOc1cc2ccccc2cc1OCCOCCO. The molecule has 6 heteroatoms. The van der Waals surface area contributed by atoms with Gasteiger partial charge in [0, 0.05) is 0 Å². The van der Waals surface area contributed by atoms with E-state index < -0.39 is 0 Å². The maximum atomic E-state index is 8.69. The molecule has 0 bridgehead atoms. The second kappa shape index (κ2) is 10.8. The molecule has 2 rings (SSSR count). The van der Waals surface area contributed by atoms with Crippen molar-refractivity contribution in [3.05, 3.63) is 36.4 Å². The highest BCUT2D eigenvalue weighted by Gasteiger charge is 2.08. The van der Waals surface area contributed by atoms with E-state index in [4.69, 9.17) is 29.2 Å². The lowest BCUT2D eigenvalue weighted by Crippen LogP contribution is -2.12. The molecule has 0 aliphatic heterocycles. The average molecular weight is 336 g/mol. The molecule has 0 atom stereocenters. The summed E-state index contributed by atoms with van der Waals surface area (Å²) < 4.78 is 21.9. The van der Waals surface area contributed by atoms with Crippen LogP contribution in [0.25, 0.3) is 10.8 Å². The summed E-state index contributed by atoms with van der Waals surface area (Å²) in [5.74, 6) is 1.28. The van der Waals surface area contributed by atoms with Crippen LogP contribution >= 0.6 is 0 Å². The number of fused-ring (bicyclic) bond motifs is 1. The molecule has 0 aliphatic carbocycles. The summed E-state index contributed by atoms with van der Waals surface area (Å²) >= 11 is 0. The minimum atomic E-state index is -0.00181. The zero-order chi connectivity index (χ0) is 17.0. The maximum Gasteiger partial charge on any atom is 0.161 e. The van der Waals surface area contributed by atoms with Gasteiger partial charge in [0.2, 0.25) is 0 Å². The molecule has 0 unspecified atom stereocenters. The first-order chi connectivity index (χ1) is 11.8. The van der Waals surface area contributed by atoms with Crippen LogP contribution in [0.5, 0.6) is 11.5 Å². The highest BCUT2D eigenvalue weighted by Crippen LogP contribution is 2.32. The summed E-state index contributed by atoms with van der Waals surface area (Å²) in [6, 6.07) is 11.8. The normalized spacial score (nSPS) is 10.9. The Morgan fingerprint density at radius 1 is 0.625 bits per heavy atom. The Balaban J connectivity index is 1.99. The van der Waals surface area contributed by atoms with E-state index >= 15 is 0 Å². The molecule has 0 aromatic heterocycles. The molecule has 0 saturated heterocycles. The molecular weight excluding hydrogens is 312 g/mol. The van der Waals surface area contributed by atoms with Crippen LogP contribution in [0.15, 0.2) is 36.4 Å². The third-order valence-corrected chi connectivity index (χ3v) is 3.25. The molecule has 2 N–H and O–H groups in total. The minimum absolute atomic E-state index is 0.00181. The number of benzene rings is 2. The van der Waals surface area contributed by atoms with Gasteiger partial charge in [0.1, 0.15) is 13.2 Å². The van der Waals surface area contributed by atoms with Crippen LogP contribution < -0.4 is 9.47 Å². The zero-order valence-electron chi connectivity index (χ0n) is 13.6. The molecule has 0 heterocycles. The van der Waals surface area contributed by atoms with Crippen LogP contribution in [0, 0.1) is 0 Å². The molecule has 0 amide bonds. The van der Waals surface area contributed by atoms with Gasteiger partial charge in [-0.15, -0.1) is 0 Å². The minimum Gasteiger partial charge on any atom is -0.487 e. The van der Waals surface area contributed by atoms with Crippen LogP contribution in [0.4, 0.5) is 0 Å². The van der Waals surface area contributed by atoms with E-state index in [2.05, 4.69) is 0 Å². The Kier molecular flexibility index (Phi) is 8.34. The third-order valence-electron chi connectivity index (χ3n) is 3.25. The van der Waals surface area contributed by atoms with E-state index in [1.165, 1.54) is 0 Å². The van der Waals surface area contributed by atoms with Crippen molar-refractivity contribution < 1.29 is 29.2 Å². The van der Waals surface area contributed by atoms with Gasteiger partial charge >= 0.3 is 0 Å². The quantitative estimate of drug-likeness (QED) is 0.574. The highest BCUT2D eigenvalue weighted by molar-refractivity contribution is 5.86. The van der Waals surface area contributed by atoms with Gasteiger partial charge in [-0.1, -0.05) is 24.3 Å². The van der Waals surface area contributed by atoms with E-state index in [1.807, 2.05) is 36.4 Å². The fourth-order valence-corrected chi connectivity index (χ4v) is 2.18. The molecule has 0 spiro atoms. The van der Waals surface area contributed by atoms with Gasteiger partial charge in [0.25, 0.3) is 0 Å². The number of ether oxygens (including phenoxy) is 4. The monoisotopic (exact) mass is 336 g/mol. The average Bonchev–Trinajstić information content (AvgIpc) is 2.61. The van der Waals surface area contributed by atoms with Gasteiger partial charge < -0.3 is 29.2 Å². The van der Waals surface area contributed by atoms with Gasteiger partial charge in [-0.05, 0) is 22.9 Å². The van der Waals surface area contributed by atoms with Crippen molar-refractivity contribution in [3.8, 4) is 11.5 Å². The number of aliphatic hydroxyl groups excluding tert-OH is 2.